The van der Waals surface area contributed by atoms with Crippen LogP contribution in [0.4, 0.5) is 0 Å². The van der Waals surface area contributed by atoms with Gasteiger partial charge in [0.05, 0.1) is 30.3 Å². The molecule has 0 aliphatic heterocycles. The minimum atomic E-state index is -0.403. The van der Waals surface area contributed by atoms with Crippen LogP contribution in [0.5, 0.6) is 0 Å². The number of aromatic nitrogens is 2. The zero-order valence-electron chi connectivity index (χ0n) is 23.9. The predicted molar refractivity (Wildman–Crippen MR) is 156 cm³/mol. The van der Waals surface area contributed by atoms with E-state index >= 15 is 0 Å². The van der Waals surface area contributed by atoms with Crippen molar-refractivity contribution in [2.75, 3.05) is 7.11 Å². The second-order valence-electron chi connectivity index (χ2n) is 10.1. The zero-order chi connectivity index (χ0) is 29.4. The maximum absolute atomic E-state index is 13.1. The Balaban J connectivity index is 1.43. The van der Waals surface area contributed by atoms with Crippen LogP contribution in [0.2, 0.25) is 0 Å². The molecule has 2 N–H and O–H groups in total. The first-order valence-corrected chi connectivity index (χ1v) is 13.7. The van der Waals surface area contributed by atoms with Gasteiger partial charge in [-0.15, -0.1) is 0 Å². The number of rotatable bonds is 12. The number of imidazole rings is 1. The number of benzene rings is 3. The van der Waals surface area contributed by atoms with Gasteiger partial charge in [0.25, 0.3) is 5.91 Å². The Labute approximate surface area is 239 Å². The van der Waals surface area contributed by atoms with Crippen LogP contribution in [-0.2, 0) is 33.9 Å². The molecule has 2 amide bonds. The van der Waals surface area contributed by atoms with E-state index in [-0.39, 0.29) is 30.8 Å². The molecule has 4 rings (SSSR count). The van der Waals surface area contributed by atoms with Crippen LogP contribution in [0.3, 0.4) is 0 Å². The number of fused-ring (bicyclic) bond motifs is 1. The molecule has 0 aliphatic rings. The zero-order valence-corrected chi connectivity index (χ0v) is 23.9. The van der Waals surface area contributed by atoms with Crippen molar-refractivity contribution in [3.8, 4) is 0 Å². The van der Waals surface area contributed by atoms with Crippen LogP contribution in [0.25, 0.3) is 11.0 Å². The molecule has 3 aromatic carbocycles. The van der Waals surface area contributed by atoms with Crippen molar-refractivity contribution in [1.82, 2.24) is 20.3 Å². The van der Waals surface area contributed by atoms with Gasteiger partial charge in [0.2, 0.25) is 5.91 Å². The number of hydrogen-bond donors (Lipinski definition) is 2. The lowest BCUT2D eigenvalue weighted by atomic mass is 10.1. The third kappa shape index (κ3) is 7.58. The van der Waals surface area contributed by atoms with Crippen LogP contribution in [0.15, 0.2) is 66.7 Å². The van der Waals surface area contributed by atoms with E-state index in [4.69, 9.17) is 14.6 Å². The first-order chi connectivity index (χ1) is 19.8. The Bertz CT molecular complexity index is 1510. The maximum Gasteiger partial charge on any atom is 0.337 e. The smallest absolute Gasteiger partial charge is 0.337 e. The van der Waals surface area contributed by atoms with Gasteiger partial charge in [0.15, 0.2) is 0 Å². The summed E-state index contributed by atoms with van der Waals surface area (Å²) in [5.41, 5.74) is 8.01. The van der Waals surface area contributed by atoms with Crippen molar-refractivity contribution in [3.63, 3.8) is 0 Å². The van der Waals surface area contributed by atoms with Gasteiger partial charge in [-0.05, 0) is 61.2 Å². The largest absolute Gasteiger partial charge is 0.465 e. The monoisotopic (exact) mass is 556 g/mol. The molecule has 9 heteroatoms. The lowest BCUT2D eigenvalue weighted by Gasteiger charge is -2.15. The maximum atomic E-state index is 13.1. The van der Waals surface area contributed by atoms with Gasteiger partial charge < -0.3 is 14.6 Å². The van der Waals surface area contributed by atoms with Gasteiger partial charge in [-0.2, -0.15) is 0 Å². The fourth-order valence-corrected chi connectivity index (χ4v) is 4.74. The van der Waals surface area contributed by atoms with Gasteiger partial charge in [0.1, 0.15) is 5.82 Å². The molecule has 0 bridgehead atoms. The summed E-state index contributed by atoms with van der Waals surface area (Å²) in [6, 6.07) is 20.1. The fraction of sp³-hybridized carbons (Fsp3) is 0.312. The minimum Gasteiger partial charge on any atom is -0.465 e. The lowest BCUT2D eigenvalue weighted by Crippen LogP contribution is -2.37. The number of carbonyl (C=O) groups excluding carboxylic acids is 3. The number of carbonyl (C=O) groups is 3. The highest BCUT2D eigenvalue weighted by molar-refractivity contribution is 5.98. The summed E-state index contributed by atoms with van der Waals surface area (Å²) in [5, 5.41) is 2.91. The highest BCUT2D eigenvalue weighted by atomic mass is 16.6. The third-order valence-electron chi connectivity index (χ3n) is 6.70. The van der Waals surface area contributed by atoms with Crippen molar-refractivity contribution in [2.45, 2.75) is 59.2 Å². The van der Waals surface area contributed by atoms with Gasteiger partial charge in [-0.25, -0.2) is 15.3 Å². The van der Waals surface area contributed by atoms with Crippen molar-refractivity contribution in [2.24, 2.45) is 0 Å². The van der Waals surface area contributed by atoms with Gasteiger partial charge in [0, 0.05) is 31.0 Å². The molecule has 9 nitrogen and oxygen atoms in total. The van der Waals surface area contributed by atoms with Crippen molar-refractivity contribution in [3.05, 3.63) is 100 Å². The number of ether oxygens (including phenoxy) is 1. The summed E-state index contributed by atoms with van der Waals surface area (Å²) in [6.45, 7) is 6.69. The SMILES string of the molecule is CCCc1nc2cc(C(=O)N[C@H](C)CC(=O)NOCc3ccccc3)cc(C)c2n1Cc1ccc(C(=O)OC)cc1. The molecule has 0 unspecified atom stereocenters. The third-order valence-corrected chi connectivity index (χ3v) is 6.70. The van der Waals surface area contributed by atoms with Gasteiger partial charge >= 0.3 is 5.97 Å². The van der Waals surface area contributed by atoms with Crippen LogP contribution in [0, 0.1) is 6.92 Å². The molecule has 0 saturated carbocycles. The predicted octanol–water partition coefficient (Wildman–Crippen LogP) is 4.89. The van der Waals surface area contributed by atoms with E-state index in [0.29, 0.717) is 17.7 Å². The number of nitrogens with one attached hydrogen (secondary N) is 2. The molecule has 1 aromatic heterocycles. The van der Waals surface area contributed by atoms with Crippen LogP contribution >= 0.6 is 0 Å². The molecule has 41 heavy (non-hydrogen) atoms. The molecule has 1 heterocycles. The number of nitrogens with zero attached hydrogens (tertiary/aromatic N) is 2. The first kappa shape index (κ1) is 29.5. The molecule has 0 aliphatic carbocycles. The summed E-state index contributed by atoms with van der Waals surface area (Å²) in [5.74, 6) is -0.0292. The van der Waals surface area contributed by atoms with Gasteiger partial charge in [-0.1, -0.05) is 49.4 Å². The average molecular weight is 557 g/mol. The van der Waals surface area contributed by atoms with Crippen LogP contribution in [-0.4, -0.2) is 40.5 Å². The number of methoxy groups -OCH3 is 1. The second kappa shape index (κ2) is 13.7. The quantitative estimate of drug-likeness (QED) is 0.190. The molecule has 214 valence electrons. The normalized spacial score (nSPS) is 11.7. The summed E-state index contributed by atoms with van der Waals surface area (Å²) in [4.78, 5) is 47.4. The van der Waals surface area contributed by atoms with E-state index in [2.05, 4.69) is 22.3 Å². The summed E-state index contributed by atoms with van der Waals surface area (Å²) in [6.07, 6.45) is 1.78. The molecule has 0 fully saturated rings. The average Bonchev–Trinajstić information content (AvgIpc) is 3.30. The van der Waals surface area contributed by atoms with Crippen molar-refractivity contribution >= 4 is 28.8 Å². The van der Waals surface area contributed by atoms with Crippen LogP contribution < -0.4 is 10.8 Å². The number of aryl methyl sites for hydroxylation is 2. The minimum absolute atomic E-state index is 0.0752. The van der Waals surface area contributed by atoms with E-state index in [0.717, 1.165) is 46.4 Å². The van der Waals surface area contributed by atoms with Crippen molar-refractivity contribution < 1.29 is 24.0 Å². The second-order valence-corrected chi connectivity index (χ2v) is 10.1. The Hall–Kier alpha value is -4.50. The Morgan fingerprint density at radius 1 is 0.976 bits per heavy atom. The molecule has 0 spiro atoms. The molecule has 0 saturated heterocycles. The fourth-order valence-electron chi connectivity index (χ4n) is 4.74. The molecule has 4 aromatic rings. The van der Waals surface area contributed by atoms with Gasteiger partial charge in [-0.3, -0.25) is 14.4 Å². The number of esters is 1. The summed E-state index contributed by atoms with van der Waals surface area (Å²) < 4.78 is 6.97. The highest BCUT2D eigenvalue weighted by Gasteiger charge is 2.19. The summed E-state index contributed by atoms with van der Waals surface area (Å²) >= 11 is 0. The topological polar surface area (TPSA) is 112 Å². The Morgan fingerprint density at radius 3 is 2.39 bits per heavy atom. The number of hydrogen-bond acceptors (Lipinski definition) is 6. The van der Waals surface area contributed by atoms with E-state index in [1.54, 1.807) is 25.1 Å². The standard InChI is InChI=1S/C32H36N4O5/c1-5-9-28-34-27-18-26(31(38)33-22(3)17-29(37)35-41-20-24-10-7-6-8-11-24)16-21(2)30(27)36(28)19-23-12-14-25(15-13-23)32(39)40-4/h6-8,10-16,18,22H,5,9,17,19-20H2,1-4H3,(H,33,38)(H,35,37)/t22-/m1/s1. The molecule has 1 atom stereocenters. The van der Waals surface area contributed by atoms with Crippen LogP contribution in [0.1, 0.15) is 69.9 Å². The molecule has 0 radical (unpaired) electrons. The van der Waals surface area contributed by atoms with Crippen molar-refractivity contribution in [1.29, 1.82) is 0 Å². The Morgan fingerprint density at radius 2 is 1.71 bits per heavy atom. The first-order valence-electron chi connectivity index (χ1n) is 13.7. The molecular formula is C32H36N4O5. The van der Waals surface area contributed by atoms with E-state index < -0.39 is 6.04 Å². The van der Waals surface area contributed by atoms with E-state index in [9.17, 15) is 14.4 Å². The van der Waals surface area contributed by atoms with E-state index in [1.165, 1.54) is 7.11 Å². The number of amides is 2. The Kier molecular flexibility index (Phi) is 9.86. The summed E-state index contributed by atoms with van der Waals surface area (Å²) in [7, 11) is 1.36. The highest BCUT2D eigenvalue weighted by Crippen LogP contribution is 2.25. The number of hydroxylamine groups is 1. The molecular weight excluding hydrogens is 520 g/mol. The van der Waals surface area contributed by atoms with E-state index in [1.807, 2.05) is 55.5 Å². The lowest BCUT2D eigenvalue weighted by molar-refractivity contribution is -0.134.